The Morgan fingerprint density at radius 2 is 1.81 bits per heavy atom. The van der Waals surface area contributed by atoms with E-state index < -0.39 is 11.9 Å². The van der Waals surface area contributed by atoms with Crippen LogP contribution in [0.3, 0.4) is 0 Å². The predicted octanol–water partition coefficient (Wildman–Crippen LogP) is 1.79. The van der Waals surface area contributed by atoms with E-state index in [4.69, 9.17) is 0 Å². The summed E-state index contributed by atoms with van der Waals surface area (Å²) in [6.07, 6.45) is 6.27. The maximum Gasteiger partial charge on any atom is 0.291 e. The average molecular weight is 353 g/mol. The summed E-state index contributed by atoms with van der Waals surface area (Å²) >= 11 is 0. The quantitative estimate of drug-likeness (QED) is 0.909. The number of hydrogen-bond acceptors (Lipinski definition) is 4. The molecule has 1 saturated heterocycles. The second kappa shape index (κ2) is 6.55. The van der Waals surface area contributed by atoms with E-state index in [1.165, 1.54) is 19.2 Å². The summed E-state index contributed by atoms with van der Waals surface area (Å²) in [7, 11) is 0. The van der Waals surface area contributed by atoms with Gasteiger partial charge >= 0.3 is 0 Å². The molecule has 1 aliphatic heterocycles. The molecule has 2 heterocycles. The molecule has 1 aliphatic carbocycles. The second-order valence-electron chi connectivity index (χ2n) is 7.37. The number of benzene rings is 1. The molecule has 1 aromatic carbocycles. The molecule has 26 heavy (non-hydrogen) atoms. The first kappa shape index (κ1) is 16.8. The Kier molecular flexibility index (Phi) is 4.22. The maximum absolute atomic E-state index is 12.6. The normalized spacial score (nSPS) is 19.2. The number of nitrogens with one attached hydrogen (secondary N) is 1. The molecule has 1 atom stereocenters. The molecule has 2 amide bonds. The summed E-state index contributed by atoms with van der Waals surface area (Å²) in [4.78, 5) is 30.9. The van der Waals surface area contributed by atoms with Crippen LogP contribution in [-0.4, -0.2) is 50.6 Å². The lowest BCUT2D eigenvalue weighted by Gasteiger charge is -2.33. The minimum atomic E-state index is -0.584. The fraction of sp³-hybridized carbons (Fsp3) is 0.474. The number of carbonyl (C=O) groups excluding carboxylic acids is 2. The van der Waals surface area contributed by atoms with Crippen molar-refractivity contribution in [1.82, 2.24) is 25.0 Å². The van der Waals surface area contributed by atoms with E-state index in [1.54, 1.807) is 11.6 Å². The highest BCUT2D eigenvalue weighted by atomic mass is 16.2. The highest BCUT2D eigenvalue weighted by Crippen LogP contribution is 2.53. The zero-order valence-corrected chi connectivity index (χ0v) is 14.9. The monoisotopic (exact) mass is 353 g/mol. The molecule has 0 unspecified atom stereocenters. The van der Waals surface area contributed by atoms with Crippen molar-refractivity contribution in [2.75, 3.05) is 13.1 Å². The summed E-state index contributed by atoms with van der Waals surface area (Å²) < 4.78 is 1.54. The van der Waals surface area contributed by atoms with E-state index in [2.05, 4.69) is 15.4 Å². The molecule has 1 aromatic heterocycles. The molecule has 4 rings (SSSR count). The van der Waals surface area contributed by atoms with E-state index in [0.717, 1.165) is 31.6 Å². The lowest BCUT2D eigenvalue weighted by molar-refractivity contribution is -0.134. The third-order valence-corrected chi connectivity index (χ3v) is 5.53. The van der Waals surface area contributed by atoms with Crippen LogP contribution in [0.25, 0.3) is 5.69 Å². The van der Waals surface area contributed by atoms with Gasteiger partial charge in [-0.3, -0.25) is 9.59 Å². The number of hydrogen-bond donors (Lipinski definition) is 1. The lowest BCUT2D eigenvalue weighted by Crippen LogP contribution is -2.49. The Balaban J connectivity index is 1.35. The van der Waals surface area contributed by atoms with Crippen LogP contribution in [0.2, 0.25) is 0 Å². The van der Waals surface area contributed by atoms with E-state index >= 15 is 0 Å². The first-order valence-corrected chi connectivity index (χ1v) is 9.13. The van der Waals surface area contributed by atoms with Crippen LogP contribution in [0, 0.1) is 5.41 Å². The molecule has 1 N–H and O–H groups in total. The second-order valence-corrected chi connectivity index (χ2v) is 7.37. The molecular formula is C19H23N5O2. The van der Waals surface area contributed by atoms with Gasteiger partial charge in [0.15, 0.2) is 0 Å². The first-order valence-electron chi connectivity index (χ1n) is 9.13. The van der Waals surface area contributed by atoms with Gasteiger partial charge in [0.1, 0.15) is 12.4 Å². The van der Waals surface area contributed by atoms with Crippen LogP contribution in [-0.2, 0) is 4.79 Å². The van der Waals surface area contributed by atoms with Crippen LogP contribution >= 0.6 is 0 Å². The third-order valence-electron chi connectivity index (χ3n) is 5.53. The third kappa shape index (κ3) is 3.34. The summed E-state index contributed by atoms with van der Waals surface area (Å²) in [6, 6.07) is 8.87. The van der Waals surface area contributed by atoms with Crippen LogP contribution in [0.5, 0.6) is 0 Å². The van der Waals surface area contributed by atoms with Crippen molar-refractivity contribution in [3.05, 3.63) is 42.5 Å². The van der Waals surface area contributed by atoms with Gasteiger partial charge in [0.05, 0.1) is 5.69 Å². The molecule has 2 aliphatic rings. The van der Waals surface area contributed by atoms with Crippen molar-refractivity contribution in [3.8, 4) is 5.69 Å². The Morgan fingerprint density at radius 3 is 2.46 bits per heavy atom. The molecule has 2 aromatic rings. The lowest BCUT2D eigenvalue weighted by atomic mass is 9.93. The molecule has 2 fully saturated rings. The van der Waals surface area contributed by atoms with Crippen LogP contribution in [0.4, 0.5) is 0 Å². The summed E-state index contributed by atoms with van der Waals surface area (Å²) in [5, 5.41) is 6.93. The van der Waals surface area contributed by atoms with Gasteiger partial charge in [0.2, 0.25) is 11.7 Å². The van der Waals surface area contributed by atoms with Crippen molar-refractivity contribution < 1.29 is 9.59 Å². The predicted molar refractivity (Wildman–Crippen MR) is 95.8 cm³/mol. The fourth-order valence-corrected chi connectivity index (χ4v) is 3.55. The molecule has 7 nitrogen and oxygen atoms in total. The topological polar surface area (TPSA) is 80.1 Å². The number of aromatic nitrogens is 3. The van der Waals surface area contributed by atoms with Gasteiger partial charge in [-0.1, -0.05) is 18.2 Å². The number of amides is 2. The molecule has 136 valence electrons. The van der Waals surface area contributed by atoms with Crippen molar-refractivity contribution in [2.45, 2.75) is 38.6 Å². The van der Waals surface area contributed by atoms with Crippen LogP contribution < -0.4 is 5.32 Å². The van der Waals surface area contributed by atoms with Gasteiger partial charge in [-0.2, -0.15) is 0 Å². The highest BCUT2D eigenvalue weighted by molar-refractivity contribution is 5.94. The summed E-state index contributed by atoms with van der Waals surface area (Å²) in [5.41, 5.74) is 1.35. The Morgan fingerprint density at radius 1 is 1.12 bits per heavy atom. The zero-order chi connectivity index (χ0) is 18.1. The van der Waals surface area contributed by atoms with Gasteiger partial charge in [-0.25, -0.2) is 9.67 Å². The Hall–Kier alpha value is -2.70. The van der Waals surface area contributed by atoms with Crippen molar-refractivity contribution >= 4 is 11.8 Å². The fourth-order valence-electron chi connectivity index (χ4n) is 3.55. The molecule has 0 radical (unpaired) electrons. The molecular weight excluding hydrogens is 330 g/mol. The SMILES string of the molecule is C[C@H](NC(=O)c1ncn(-c2ccccc2)n1)C(=O)N1CCC2(CC1)CC2. The number of nitrogens with zero attached hydrogens (tertiary/aromatic N) is 4. The van der Waals surface area contributed by atoms with Crippen LogP contribution in [0.1, 0.15) is 43.2 Å². The van der Waals surface area contributed by atoms with E-state index in [1.807, 2.05) is 35.2 Å². The largest absolute Gasteiger partial charge is 0.341 e. The smallest absolute Gasteiger partial charge is 0.291 e. The molecule has 7 heteroatoms. The minimum absolute atomic E-state index is 0.0312. The maximum atomic E-state index is 12.6. The van der Waals surface area contributed by atoms with E-state index in [9.17, 15) is 9.59 Å². The summed E-state index contributed by atoms with van der Waals surface area (Å²) in [6.45, 7) is 3.30. The van der Waals surface area contributed by atoms with E-state index in [0.29, 0.717) is 5.41 Å². The number of rotatable bonds is 4. The minimum Gasteiger partial charge on any atom is -0.341 e. The standard InChI is InChI=1S/C19H23N5O2/c1-14(18(26)23-11-9-19(7-8-19)10-12-23)21-17(25)16-20-13-24(22-16)15-5-3-2-4-6-15/h2-6,13-14H,7-12H2,1H3,(H,21,25)/t14-/m0/s1. The van der Waals surface area contributed by atoms with Crippen molar-refractivity contribution in [1.29, 1.82) is 0 Å². The molecule has 1 spiro atoms. The molecule has 1 saturated carbocycles. The number of carbonyl (C=O) groups is 2. The number of piperidine rings is 1. The van der Waals surface area contributed by atoms with Gasteiger partial charge in [-0.05, 0) is 50.2 Å². The van der Waals surface area contributed by atoms with Gasteiger partial charge in [0.25, 0.3) is 5.91 Å². The zero-order valence-electron chi connectivity index (χ0n) is 14.9. The van der Waals surface area contributed by atoms with Crippen LogP contribution in [0.15, 0.2) is 36.7 Å². The first-order chi connectivity index (χ1) is 12.6. The van der Waals surface area contributed by atoms with E-state index in [-0.39, 0.29) is 11.7 Å². The van der Waals surface area contributed by atoms with Crippen molar-refractivity contribution in [3.63, 3.8) is 0 Å². The molecule has 0 bridgehead atoms. The Bertz CT molecular complexity index is 802. The van der Waals surface area contributed by atoms with Crippen molar-refractivity contribution in [2.24, 2.45) is 5.41 Å². The number of para-hydroxylation sites is 1. The van der Waals surface area contributed by atoms with Gasteiger partial charge in [0, 0.05) is 13.1 Å². The van der Waals surface area contributed by atoms with Gasteiger partial charge < -0.3 is 10.2 Å². The number of likely N-dealkylation sites (tertiary alicyclic amines) is 1. The van der Waals surface area contributed by atoms with Gasteiger partial charge in [-0.15, -0.1) is 5.10 Å². The Labute approximate surface area is 152 Å². The average Bonchev–Trinajstić information content (AvgIpc) is 3.23. The summed E-state index contributed by atoms with van der Waals surface area (Å²) in [5.74, 6) is -0.406. The highest BCUT2D eigenvalue weighted by Gasteiger charge is 2.45.